The molecule has 1 saturated carbocycles. The Labute approximate surface area is 519 Å². The van der Waals surface area contributed by atoms with Crippen molar-refractivity contribution in [1.82, 2.24) is 4.57 Å². The van der Waals surface area contributed by atoms with Gasteiger partial charge in [0.1, 0.15) is 5.58 Å². The van der Waals surface area contributed by atoms with Gasteiger partial charge in [-0.3, -0.25) is 0 Å². The molecular weight excluding hydrogens is 1050 g/mol. The second-order valence-corrected chi connectivity index (χ2v) is 33.5. The third kappa shape index (κ3) is 8.42. The minimum atomic E-state index is -0.226. The molecule has 442 valence electrons. The Hall–Kier alpha value is -7.24. The predicted molar refractivity (Wildman–Crippen MR) is 373 cm³/mol. The molecular formula is C82H90BN3O. The van der Waals surface area contributed by atoms with Gasteiger partial charge in [-0.2, -0.15) is 0 Å². The van der Waals surface area contributed by atoms with Crippen molar-refractivity contribution < 1.29 is 4.42 Å². The molecule has 5 heteroatoms. The van der Waals surface area contributed by atoms with E-state index in [1.807, 2.05) is 0 Å². The monoisotopic (exact) mass is 1140 g/mol. The second-order valence-electron chi connectivity index (χ2n) is 33.5. The molecule has 6 aliphatic rings. The standard InChI is InChI=1S/C82H90BN3O/c1-75(2,3)50-24-29-54(30-25-50)84-65-33-28-51(76(4,5)6)40-64(65)83-72-69(84)43-55(85-66-41-52(77(7,8)9)26-31-56(66)57-32-27-53(42-67(57)85)78(10,11)12)44-70(72)86(73-59-46-62-63(48-71(59)87-74(73)83)82(18)38-36-81(62,17)37-39-82)68-47-61-60(79(13,14)34-35-80(61,15)16)45-58(68)49-22-20-19-21-23-49/h19-33,40-48H,34-39H2,1-18H3. The van der Waals surface area contributed by atoms with Gasteiger partial charge in [0, 0.05) is 44.5 Å². The highest BCUT2D eigenvalue weighted by Crippen LogP contribution is 2.60. The lowest BCUT2D eigenvalue weighted by Gasteiger charge is -2.52. The molecule has 10 aromatic rings. The van der Waals surface area contributed by atoms with Crippen LogP contribution in [0.3, 0.4) is 0 Å². The van der Waals surface area contributed by atoms with Gasteiger partial charge in [-0.1, -0.05) is 203 Å². The van der Waals surface area contributed by atoms with Crippen LogP contribution in [-0.4, -0.2) is 11.3 Å². The molecule has 16 rings (SSSR count). The molecule has 0 saturated heterocycles. The van der Waals surface area contributed by atoms with Gasteiger partial charge in [-0.15, -0.1) is 0 Å². The molecule has 87 heavy (non-hydrogen) atoms. The minimum absolute atomic E-state index is 0.0116. The fourth-order valence-corrected chi connectivity index (χ4v) is 16.5. The van der Waals surface area contributed by atoms with Crippen LogP contribution in [0, 0.1) is 0 Å². The average Bonchev–Trinajstić information content (AvgIpc) is 1.67. The largest absolute Gasteiger partial charge is 0.468 e. The zero-order valence-electron chi connectivity index (χ0n) is 55.4. The van der Waals surface area contributed by atoms with Crippen LogP contribution in [0.25, 0.3) is 49.6 Å². The van der Waals surface area contributed by atoms with Crippen molar-refractivity contribution >= 4 is 90.2 Å². The summed E-state index contributed by atoms with van der Waals surface area (Å²) in [4.78, 5) is 5.38. The molecule has 0 N–H and O–H groups in total. The first-order chi connectivity index (χ1) is 40.8. The first-order valence-electron chi connectivity index (χ1n) is 32.8. The Morgan fingerprint density at radius 2 is 0.897 bits per heavy atom. The van der Waals surface area contributed by atoms with E-state index in [-0.39, 0.29) is 50.0 Å². The van der Waals surface area contributed by atoms with Crippen molar-refractivity contribution in [2.24, 2.45) is 0 Å². The summed E-state index contributed by atoms with van der Waals surface area (Å²) in [6, 6.07) is 58.5. The van der Waals surface area contributed by atoms with E-state index in [0.717, 1.165) is 35.5 Å². The molecule has 8 aromatic carbocycles. The number of fused-ring (bicyclic) bond motifs is 12. The SMILES string of the molecule is CC(C)(C)c1ccc(N2c3ccc(C(C)(C)C)cc3B3c4oc5cc6c(cc5c4N(c4cc5c(cc4-c4ccccc4)C(C)(C)CCC5(C)C)c4cc(-n5c7cc(C(C)(C)C)ccc7c7ccc(C(C)(C)C)cc75)cc2c43)C2(C)CCC6(C)CC2)cc1. The van der Waals surface area contributed by atoms with Crippen molar-refractivity contribution in [3.8, 4) is 16.8 Å². The topological polar surface area (TPSA) is 24.6 Å². The molecule has 4 heterocycles. The Morgan fingerprint density at radius 1 is 0.402 bits per heavy atom. The van der Waals surface area contributed by atoms with Gasteiger partial charge in [0.15, 0.2) is 0 Å². The van der Waals surface area contributed by atoms with Crippen LogP contribution >= 0.6 is 0 Å². The molecule has 2 aliphatic heterocycles. The van der Waals surface area contributed by atoms with Crippen LogP contribution in [0.5, 0.6) is 0 Å². The van der Waals surface area contributed by atoms with E-state index in [1.54, 1.807) is 0 Å². The maximum absolute atomic E-state index is 7.99. The Morgan fingerprint density at radius 3 is 1.45 bits per heavy atom. The molecule has 0 atom stereocenters. The van der Waals surface area contributed by atoms with Crippen LogP contribution in [0.4, 0.5) is 34.1 Å². The van der Waals surface area contributed by atoms with E-state index >= 15 is 0 Å². The van der Waals surface area contributed by atoms with E-state index in [1.165, 1.54) is 148 Å². The van der Waals surface area contributed by atoms with Crippen LogP contribution in [0.2, 0.25) is 0 Å². The third-order valence-corrected chi connectivity index (χ3v) is 22.5. The summed E-state index contributed by atoms with van der Waals surface area (Å²) >= 11 is 0. The smallest absolute Gasteiger partial charge is 0.297 e. The molecule has 0 radical (unpaired) electrons. The van der Waals surface area contributed by atoms with Gasteiger partial charge in [0.25, 0.3) is 6.71 Å². The third-order valence-electron chi connectivity index (χ3n) is 22.5. The van der Waals surface area contributed by atoms with E-state index in [4.69, 9.17) is 4.42 Å². The van der Waals surface area contributed by atoms with Crippen molar-refractivity contribution in [2.75, 3.05) is 9.80 Å². The fourth-order valence-electron chi connectivity index (χ4n) is 16.5. The highest BCUT2D eigenvalue weighted by atomic mass is 16.3. The molecule has 0 amide bonds. The highest BCUT2D eigenvalue weighted by molar-refractivity contribution is 7.00. The summed E-state index contributed by atoms with van der Waals surface area (Å²) < 4.78 is 10.6. The van der Waals surface area contributed by atoms with E-state index in [9.17, 15) is 0 Å². The molecule has 0 unspecified atom stereocenters. The van der Waals surface area contributed by atoms with E-state index < -0.39 is 0 Å². The number of aromatic nitrogens is 1. The quantitative estimate of drug-likeness (QED) is 0.164. The highest BCUT2D eigenvalue weighted by Gasteiger charge is 2.52. The number of hydrogen-bond acceptors (Lipinski definition) is 3. The number of rotatable bonds is 4. The number of benzene rings is 8. The summed E-state index contributed by atoms with van der Waals surface area (Å²) in [7, 11) is 0. The Balaban J connectivity index is 1.16. The molecule has 1 fully saturated rings. The van der Waals surface area contributed by atoms with Gasteiger partial charge < -0.3 is 18.8 Å². The Kier molecular flexibility index (Phi) is 11.8. The summed E-state index contributed by atoms with van der Waals surface area (Å²) in [6.45, 7) is 43.0. The lowest BCUT2D eigenvalue weighted by atomic mass is 9.35. The van der Waals surface area contributed by atoms with E-state index in [2.05, 4.69) is 285 Å². The zero-order valence-corrected chi connectivity index (χ0v) is 55.4. The molecule has 2 aromatic heterocycles. The second kappa shape index (κ2) is 18.2. The molecule has 2 bridgehead atoms. The summed E-state index contributed by atoms with van der Waals surface area (Å²) in [5, 5.41) is 3.75. The molecule has 4 aliphatic carbocycles. The Bertz CT molecular complexity index is 4450. The van der Waals surface area contributed by atoms with Gasteiger partial charge in [0.05, 0.1) is 33.8 Å². The fraction of sp³-hybridized carbons (Fsp3) is 0.390. The first-order valence-corrected chi connectivity index (χ1v) is 32.8. The van der Waals surface area contributed by atoms with Crippen LogP contribution in [-0.2, 0) is 43.3 Å². The van der Waals surface area contributed by atoms with Gasteiger partial charge in [-0.25, -0.2) is 0 Å². The van der Waals surface area contributed by atoms with Gasteiger partial charge in [-0.05, 0) is 210 Å². The van der Waals surface area contributed by atoms with E-state index in [0.29, 0.717) is 0 Å². The summed E-state index contributed by atoms with van der Waals surface area (Å²) in [5.41, 5.74) is 28.8. The lowest BCUT2D eigenvalue weighted by molar-refractivity contribution is 0.188. The number of anilines is 6. The van der Waals surface area contributed by atoms with Crippen molar-refractivity contribution in [2.45, 2.75) is 206 Å². The minimum Gasteiger partial charge on any atom is -0.468 e. The van der Waals surface area contributed by atoms with Crippen LogP contribution in [0.1, 0.15) is 208 Å². The number of furan rings is 1. The van der Waals surface area contributed by atoms with Gasteiger partial charge >= 0.3 is 0 Å². The summed E-state index contributed by atoms with van der Waals surface area (Å²) in [6.07, 6.45) is 7.09. The molecule has 4 nitrogen and oxygen atoms in total. The van der Waals surface area contributed by atoms with Crippen molar-refractivity contribution in [1.29, 1.82) is 0 Å². The maximum Gasteiger partial charge on any atom is 0.297 e. The van der Waals surface area contributed by atoms with Crippen molar-refractivity contribution in [3.63, 3.8) is 0 Å². The first kappa shape index (κ1) is 56.3. The van der Waals surface area contributed by atoms with Crippen LogP contribution < -0.4 is 26.4 Å². The van der Waals surface area contributed by atoms with Gasteiger partial charge in [0.2, 0.25) is 0 Å². The number of nitrogens with zero attached hydrogens (tertiary/aromatic N) is 3. The average molecular weight is 1140 g/mol. The van der Waals surface area contributed by atoms with Crippen molar-refractivity contribution in [3.05, 3.63) is 190 Å². The lowest BCUT2D eigenvalue weighted by Crippen LogP contribution is -2.61. The maximum atomic E-state index is 7.99. The zero-order chi connectivity index (χ0) is 61.2. The van der Waals surface area contributed by atoms with Crippen LogP contribution in [0.15, 0.2) is 150 Å². The predicted octanol–water partition coefficient (Wildman–Crippen LogP) is 20.9. The normalized spacial score (nSPS) is 20.2. The summed E-state index contributed by atoms with van der Waals surface area (Å²) in [5.74, 6) is 0. The number of hydrogen-bond donors (Lipinski definition) is 0. The molecule has 0 spiro atoms.